The first kappa shape index (κ1) is 18.7. The minimum Gasteiger partial charge on any atom is -0.369 e. The average Bonchev–Trinajstić information content (AvgIpc) is 3.19. The molecule has 0 saturated carbocycles. The first-order chi connectivity index (χ1) is 14.5. The molecule has 2 atom stereocenters. The number of aliphatic imine (C=N–C) groups is 1. The van der Waals surface area contributed by atoms with E-state index in [4.69, 9.17) is 11.5 Å². The Morgan fingerprint density at radius 3 is 2.83 bits per heavy atom. The number of aryl methyl sites for hydroxylation is 2. The highest BCUT2D eigenvalue weighted by Crippen LogP contribution is 2.35. The molecule has 5 N–H and O–H groups in total. The van der Waals surface area contributed by atoms with Gasteiger partial charge in [0.1, 0.15) is 6.17 Å². The van der Waals surface area contributed by atoms with Gasteiger partial charge in [-0.25, -0.2) is 0 Å². The smallest absolute Gasteiger partial charge is 0.199 e. The largest absolute Gasteiger partial charge is 0.369 e. The number of benzene rings is 2. The third kappa shape index (κ3) is 3.11. The van der Waals surface area contributed by atoms with Crippen LogP contribution in [0.1, 0.15) is 34.0 Å². The van der Waals surface area contributed by atoms with E-state index in [-0.39, 0.29) is 12.2 Å². The van der Waals surface area contributed by atoms with Gasteiger partial charge in [0.25, 0.3) is 0 Å². The van der Waals surface area contributed by atoms with Gasteiger partial charge in [0.05, 0.1) is 17.8 Å². The van der Waals surface area contributed by atoms with Gasteiger partial charge in [-0.15, -0.1) is 0 Å². The van der Waals surface area contributed by atoms with Crippen LogP contribution in [0, 0.1) is 13.8 Å². The maximum atomic E-state index is 6.60. The number of hydrogen-bond acceptors (Lipinski definition) is 6. The van der Waals surface area contributed by atoms with Crippen molar-refractivity contribution in [3.05, 3.63) is 76.5 Å². The van der Waals surface area contributed by atoms with Crippen LogP contribution in [0.25, 0.3) is 0 Å². The molecule has 3 heterocycles. The van der Waals surface area contributed by atoms with E-state index in [2.05, 4.69) is 76.4 Å². The van der Waals surface area contributed by atoms with Gasteiger partial charge in [-0.1, -0.05) is 42.0 Å². The van der Waals surface area contributed by atoms with E-state index in [1.807, 2.05) is 4.90 Å². The fraction of sp³-hybridized carbons (Fsp3) is 0.304. The normalized spacial score (nSPS) is 20.6. The third-order valence-corrected chi connectivity index (χ3v) is 6.23. The third-order valence-electron chi connectivity index (χ3n) is 6.23. The zero-order chi connectivity index (χ0) is 20.8. The first-order valence-electron chi connectivity index (χ1n) is 10.3. The van der Waals surface area contributed by atoms with Gasteiger partial charge in [-0.2, -0.15) is 10.1 Å². The summed E-state index contributed by atoms with van der Waals surface area (Å²) in [6.07, 6.45) is 2.25. The van der Waals surface area contributed by atoms with Gasteiger partial charge >= 0.3 is 0 Å². The summed E-state index contributed by atoms with van der Waals surface area (Å²) < 4.78 is 0. The van der Waals surface area contributed by atoms with Gasteiger partial charge in [0.2, 0.25) is 0 Å². The van der Waals surface area contributed by atoms with E-state index in [9.17, 15) is 0 Å². The number of guanidine groups is 1. The minimum atomic E-state index is -0.366. The second-order valence-corrected chi connectivity index (χ2v) is 8.29. The number of nitrogens with two attached hydrogens (primary N) is 2. The lowest BCUT2D eigenvalue weighted by Crippen LogP contribution is -2.56. The molecule has 2 aliphatic heterocycles. The van der Waals surface area contributed by atoms with Gasteiger partial charge in [-0.05, 0) is 43.0 Å². The van der Waals surface area contributed by atoms with Crippen LogP contribution in [0.2, 0.25) is 0 Å². The number of hydrogen-bond donors (Lipinski definition) is 3. The van der Waals surface area contributed by atoms with Crippen molar-refractivity contribution in [3.8, 4) is 0 Å². The van der Waals surface area contributed by atoms with Crippen molar-refractivity contribution < 1.29 is 0 Å². The summed E-state index contributed by atoms with van der Waals surface area (Å²) in [5.41, 5.74) is 20.4. The average molecular weight is 402 g/mol. The molecule has 30 heavy (non-hydrogen) atoms. The number of nitrogens with one attached hydrogen (secondary N) is 1. The number of fused-ring (bicyclic) bond motifs is 2. The van der Waals surface area contributed by atoms with Crippen LogP contribution in [0.15, 0.2) is 53.7 Å². The number of anilines is 1. The standard InChI is InChI=1S/C23H27N7/c1-14-7-8-17(15(2)9-14)12-29-13-18(10-16-5-3-4-6-20(16)29)30-21(24)19-11-26-28-22(19)27-23(30)25/h3-9,11,18,21H,10,12-13,24H2,1-2H3,(H3,25,26,27,28). The summed E-state index contributed by atoms with van der Waals surface area (Å²) in [7, 11) is 0. The highest BCUT2D eigenvalue weighted by atomic mass is 15.4. The minimum absolute atomic E-state index is 0.118. The quantitative estimate of drug-likeness (QED) is 0.627. The summed E-state index contributed by atoms with van der Waals surface area (Å²) in [6, 6.07) is 15.4. The molecular formula is C23H27N7. The molecule has 7 nitrogen and oxygen atoms in total. The van der Waals surface area contributed by atoms with Crippen LogP contribution in [0.3, 0.4) is 0 Å². The lowest BCUT2D eigenvalue weighted by atomic mass is 9.94. The second kappa shape index (κ2) is 7.18. The van der Waals surface area contributed by atoms with E-state index in [1.54, 1.807) is 6.20 Å². The Bertz CT molecular complexity index is 1120. The SMILES string of the molecule is Cc1ccc(CN2CC(N3C(N)=Nc4[nH]ncc4C3N)Cc3ccccc32)c(C)c1. The van der Waals surface area contributed by atoms with Crippen LogP contribution < -0.4 is 16.4 Å². The molecule has 0 aliphatic carbocycles. The molecule has 0 radical (unpaired) electrons. The van der Waals surface area contributed by atoms with E-state index >= 15 is 0 Å². The predicted molar refractivity (Wildman–Crippen MR) is 120 cm³/mol. The fourth-order valence-corrected chi connectivity index (χ4v) is 4.70. The summed E-state index contributed by atoms with van der Waals surface area (Å²) >= 11 is 0. The predicted octanol–water partition coefficient (Wildman–Crippen LogP) is 2.88. The number of para-hydroxylation sites is 1. The van der Waals surface area contributed by atoms with Gasteiger partial charge in [-0.3, -0.25) is 5.10 Å². The molecule has 154 valence electrons. The Morgan fingerprint density at radius 2 is 2.00 bits per heavy atom. The fourth-order valence-electron chi connectivity index (χ4n) is 4.70. The molecule has 3 aromatic rings. The van der Waals surface area contributed by atoms with E-state index in [1.165, 1.54) is 27.9 Å². The van der Waals surface area contributed by atoms with Crippen LogP contribution in [-0.2, 0) is 13.0 Å². The molecule has 2 unspecified atom stereocenters. The van der Waals surface area contributed by atoms with E-state index < -0.39 is 0 Å². The topological polar surface area (TPSA) is 99.6 Å². The van der Waals surface area contributed by atoms with Gasteiger partial charge < -0.3 is 21.3 Å². The molecule has 5 rings (SSSR count). The maximum absolute atomic E-state index is 6.60. The number of nitrogens with zero attached hydrogens (tertiary/aromatic N) is 4. The molecule has 2 aliphatic rings. The lowest BCUT2D eigenvalue weighted by Gasteiger charge is -2.45. The zero-order valence-corrected chi connectivity index (χ0v) is 17.3. The molecule has 2 aromatic carbocycles. The van der Waals surface area contributed by atoms with Crippen molar-refractivity contribution in [1.82, 2.24) is 15.1 Å². The molecule has 0 fully saturated rings. The Kier molecular flexibility index (Phi) is 4.47. The lowest BCUT2D eigenvalue weighted by molar-refractivity contribution is 0.229. The molecule has 0 saturated heterocycles. The van der Waals surface area contributed by atoms with Crippen molar-refractivity contribution in [2.24, 2.45) is 16.5 Å². The van der Waals surface area contributed by atoms with Gasteiger partial charge in [0, 0.05) is 18.8 Å². The Hall–Kier alpha value is -3.32. The Balaban J connectivity index is 1.49. The number of rotatable bonds is 3. The summed E-state index contributed by atoms with van der Waals surface area (Å²) in [6.45, 7) is 5.98. The molecule has 7 heteroatoms. The van der Waals surface area contributed by atoms with Crippen molar-refractivity contribution >= 4 is 17.5 Å². The zero-order valence-electron chi connectivity index (χ0n) is 17.3. The summed E-state index contributed by atoms with van der Waals surface area (Å²) in [5.74, 6) is 1.09. The van der Waals surface area contributed by atoms with Crippen molar-refractivity contribution in [3.63, 3.8) is 0 Å². The van der Waals surface area contributed by atoms with Crippen LogP contribution >= 0.6 is 0 Å². The second-order valence-electron chi connectivity index (χ2n) is 8.29. The van der Waals surface area contributed by atoms with Crippen molar-refractivity contribution in [2.75, 3.05) is 11.4 Å². The summed E-state index contributed by atoms with van der Waals surface area (Å²) in [4.78, 5) is 8.99. The molecule has 0 amide bonds. The summed E-state index contributed by atoms with van der Waals surface area (Å²) in [5, 5.41) is 6.96. The van der Waals surface area contributed by atoms with Crippen LogP contribution in [0.4, 0.5) is 11.5 Å². The number of H-pyrrole nitrogens is 1. The molecule has 0 spiro atoms. The monoisotopic (exact) mass is 401 g/mol. The number of aromatic amines is 1. The number of aromatic nitrogens is 2. The van der Waals surface area contributed by atoms with Gasteiger partial charge in [0.15, 0.2) is 11.8 Å². The molecular weight excluding hydrogens is 374 g/mol. The van der Waals surface area contributed by atoms with E-state index in [0.29, 0.717) is 11.8 Å². The van der Waals surface area contributed by atoms with Crippen molar-refractivity contribution in [2.45, 2.75) is 39.0 Å². The maximum Gasteiger partial charge on any atom is 0.199 e. The van der Waals surface area contributed by atoms with E-state index in [0.717, 1.165) is 25.1 Å². The highest BCUT2D eigenvalue weighted by molar-refractivity contribution is 5.84. The van der Waals surface area contributed by atoms with Crippen LogP contribution in [-0.4, -0.2) is 33.6 Å². The first-order valence-corrected chi connectivity index (χ1v) is 10.3. The molecule has 1 aromatic heterocycles. The molecule has 0 bridgehead atoms. The highest BCUT2D eigenvalue weighted by Gasteiger charge is 2.36. The Morgan fingerprint density at radius 1 is 1.17 bits per heavy atom. The van der Waals surface area contributed by atoms with Crippen molar-refractivity contribution in [1.29, 1.82) is 0 Å². The Labute approximate surface area is 176 Å². The van der Waals surface area contributed by atoms with Crippen LogP contribution in [0.5, 0.6) is 0 Å².